The van der Waals surface area contributed by atoms with Crippen LogP contribution in [0.15, 0.2) is 29.8 Å². The third kappa shape index (κ3) is 4.46. The van der Waals surface area contributed by atoms with Gasteiger partial charge in [0.05, 0.1) is 17.6 Å². The van der Waals surface area contributed by atoms with Crippen molar-refractivity contribution in [1.29, 1.82) is 0 Å². The van der Waals surface area contributed by atoms with Crippen LogP contribution in [0.1, 0.15) is 44.9 Å². The molecule has 0 fully saturated rings. The molecule has 0 aliphatic carbocycles. The molecule has 0 spiro atoms. The predicted molar refractivity (Wildman–Crippen MR) is 104 cm³/mol. The van der Waals surface area contributed by atoms with Gasteiger partial charge in [-0.2, -0.15) is 0 Å². The summed E-state index contributed by atoms with van der Waals surface area (Å²) < 4.78 is 38.3. The zero-order valence-electron chi connectivity index (χ0n) is 15.9. The van der Waals surface area contributed by atoms with Crippen molar-refractivity contribution in [2.75, 3.05) is 17.6 Å². The fourth-order valence-electron chi connectivity index (χ4n) is 2.46. The molecule has 1 heterocycles. The lowest BCUT2D eigenvalue weighted by Gasteiger charge is -2.20. The van der Waals surface area contributed by atoms with Gasteiger partial charge < -0.3 is 0 Å². The van der Waals surface area contributed by atoms with Gasteiger partial charge in [0.15, 0.2) is 0 Å². The van der Waals surface area contributed by atoms with Gasteiger partial charge in [-0.3, -0.25) is 0 Å². The molecule has 26 heavy (non-hydrogen) atoms. The summed E-state index contributed by atoms with van der Waals surface area (Å²) in [6.07, 6.45) is 3.07. The van der Waals surface area contributed by atoms with Crippen LogP contribution in [-0.4, -0.2) is 31.7 Å². The molecule has 7 heteroatoms. The van der Waals surface area contributed by atoms with E-state index in [9.17, 15) is 12.8 Å². The first-order valence-electron chi connectivity index (χ1n) is 8.27. The minimum absolute atomic E-state index is 0.0505. The number of aromatic nitrogens is 2. The summed E-state index contributed by atoms with van der Waals surface area (Å²) in [6.45, 7) is 7.91. The molecule has 2 aromatic rings. The first kappa shape index (κ1) is 20.0. The van der Waals surface area contributed by atoms with E-state index in [1.165, 1.54) is 19.2 Å². The Bertz CT molecular complexity index is 932. The van der Waals surface area contributed by atoms with Crippen LogP contribution in [0.3, 0.4) is 0 Å². The third-order valence-corrected chi connectivity index (χ3v) is 5.00. The van der Waals surface area contributed by atoms with Gasteiger partial charge in [0.2, 0.25) is 16.0 Å². The van der Waals surface area contributed by atoms with Crippen LogP contribution < -0.4 is 4.31 Å². The van der Waals surface area contributed by atoms with E-state index in [-0.39, 0.29) is 17.7 Å². The number of hydrogen-bond donors (Lipinski definition) is 0. The average molecular weight is 377 g/mol. The second-order valence-electron chi connectivity index (χ2n) is 6.78. The maximum Gasteiger partial charge on any atom is 0.239 e. The summed E-state index contributed by atoms with van der Waals surface area (Å²) in [5.41, 5.74) is 3.90. The largest absolute Gasteiger partial charge is 0.241 e. The molecule has 0 radical (unpaired) electrons. The molecule has 5 nitrogen and oxygen atoms in total. The Balaban J connectivity index is 2.86. The second kappa shape index (κ2) is 7.53. The standard InChI is InChI=1S/C19H24FN3O2S/c1-12(2)11-16-17(13(3)4)21-19(23(5)26(6,24)25)22-18(16)14-7-9-15(20)10-8-14/h7-11,13H,1-6H3. The van der Waals surface area contributed by atoms with Crippen LogP contribution in [0.2, 0.25) is 0 Å². The van der Waals surface area contributed by atoms with Crippen molar-refractivity contribution >= 4 is 22.0 Å². The predicted octanol–water partition coefficient (Wildman–Crippen LogP) is 4.23. The fraction of sp³-hybridized carbons (Fsp3) is 0.368. The fourth-order valence-corrected chi connectivity index (χ4v) is 2.84. The molecule has 0 atom stereocenters. The molecule has 0 aliphatic heterocycles. The lowest BCUT2D eigenvalue weighted by molar-refractivity contribution is 0.599. The Morgan fingerprint density at radius 3 is 2.19 bits per heavy atom. The highest BCUT2D eigenvalue weighted by atomic mass is 32.2. The first-order chi connectivity index (χ1) is 12.0. The molecule has 0 saturated heterocycles. The molecular weight excluding hydrogens is 353 g/mol. The smallest absolute Gasteiger partial charge is 0.239 e. The molecule has 0 saturated carbocycles. The number of nitrogens with zero attached hydrogens (tertiary/aromatic N) is 3. The van der Waals surface area contributed by atoms with E-state index in [0.717, 1.165) is 27.4 Å². The van der Waals surface area contributed by atoms with Crippen molar-refractivity contribution in [3.05, 3.63) is 46.9 Å². The van der Waals surface area contributed by atoms with Crippen LogP contribution >= 0.6 is 0 Å². The lowest BCUT2D eigenvalue weighted by Crippen LogP contribution is -2.27. The van der Waals surface area contributed by atoms with Crippen LogP contribution in [0, 0.1) is 5.82 Å². The Hall–Kier alpha value is -2.28. The maximum absolute atomic E-state index is 13.4. The molecule has 2 rings (SSSR count). The topological polar surface area (TPSA) is 63.2 Å². The average Bonchev–Trinajstić information content (AvgIpc) is 2.53. The summed E-state index contributed by atoms with van der Waals surface area (Å²) in [4.78, 5) is 9.02. The molecule has 0 unspecified atom stereocenters. The maximum atomic E-state index is 13.4. The first-order valence-corrected chi connectivity index (χ1v) is 10.1. The Kier molecular flexibility index (Phi) is 5.81. The highest BCUT2D eigenvalue weighted by molar-refractivity contribution is 7.92. The van der Waals surface area contributed by atoms with Gasteiger partial charge in [0, 0.05) is 18.2 Å². The number of hydrogen-bond acceptors (Lipinski definition) is 4. The van der Waals surface area contributed by atoms with Crippen molar-refractivity contribution in [3.63, 3.8) is 0 Å². The summed E-state index contributed by atoms with van der Waals surface area (Å²) in [5, 5.41) is 0. The van der Waals surface area contributed by atoms with Gasteiger partial charge in [-0.1, -0.05) is 25.5 Å². The van der Waals surface area contributed by atoms with Crippen LogP contribution in [-0.2, 0) is 10.0 Å². The quantitative estimate of drug-likeness (QED) is 0.782. The highest BCUT2D eigenvalue weighted by Gasteiger charge is 2.22. The van der Waals surface area contributed by atoms with Crippen molar-refractivity contribution in [1.82, 2.24) is 9.97 Å². The van der Waals surface area contributed by atoms with Gasteiger partial charge in [-0.15, -0.1) is 0 Å². The number of halogens is 1. The molecule has 140 valence electrons. The SMILES string of the molecule is CC(C)=Cc1c(-c2ccc(F)cc2)nc(N(C)S(C)(=O)=O)nc1C(C)C. The number of rotatable bonds is 5. The van der Waals surface area contributed by atoms with Gasteiger partial charge in [-0.05, 0) is 44.0 Å². The molecule has 0 bridgehead atoms. The van der Waals surface area contributed by atoms with Gasteiger partial charge in [0.25, 0.3) is 0 Å². The molecule has 0 aliphatic rings. The van der Waals surface area contributed by atoms with Crippen molar-refractivity contribution in [2.24, 2.45) is 0 Å². The van der Waals surface area contributed by atoms with Crippen LogP contribution in [0.25, 0.3) is 17.3 Å². The Morgan fingerprint density at radius 2 is 1.73 bits per heavy atom. The molecule has 1 aromatic carbocycles. The number of allylic oxidation sites excluding steroid dienone is 1. The molecular formula is C19H24FN3O2S. The summed E-state index contributed by atoms with van der Waals surface area (Å²) in [6, 6.07) is 5.99. The lowest BCUT2D eigenvalue weighted by atomic mass is 9.97. The summed E-state index contributed by atoms with van der Waals surface area (Å²) in [7, 11) is -2.09. The van der Waals surface area contributed by atoms with E-state index in [4.69, 9.17) is 0 Å². The van der Waals surface area contributed by atoms with Gasteiger partial charge in [-0.25, -0.2) is 27.1 Å². The van der Waals surface area contributed by atoms with E-state index in [1.807, 2.05) is 33.8 Å². The van der Waals surface area contributed by atoms with Crippen LogP contribution in [0.5, 0.6) is 0 Å². The Morgan fingerprint density at radius 1 is 1.15 bits per heavy atom. The minimum Gasteiger partial charge on any atom is -0.241 e. The zero-order chi connectivity index (χ0) is 19.6. The van der Waals surface area contributed by atoms with Gasteiger partial charge in [0.1, 0.15) is 5.82 Å². The van der Waals surface area contributed by atoms with E-state index < -0.39 is 10.0 Å². The van der Waals surface area contributed by atoms with E-state index in [0.29, 0.717) is 11.3 Å². The normalized spacial score (nSPS) is 11.5. The zero-order valence-corrected chi connectivity index (χ0v) is 16.7. The highest BCUT2D eigenvalue weighted by Crippen LogP contribution is 2.32. The minimum atomic E-state index is -3.51. The van der Waals surface area contributed by atoms with Crippen molar-refractivity contribution in [2.45, 2.75) is 33.6 Å². The molecule has 0 amide bonds. The summed E-state index contributed by atoms with van der Waals surface area (Å²) in [5.74, 6) is -0.194. The monoisotopic (exact) mass is 377 g/mol. The Labute approximate surface area is 154 Å². The number of sulfonamides is 1. The molecule has 0 N–H and O–H groups in total. The number of anilines is 1. The van der Waals surface area contributed by atoms with Crippen LogP contribution in [0.4, 0.5) is 10.3 Å². The van der Waals surface area contributed by atoms with E-state index in [2.05, 4.69) is 9.97 Å². The summed E-state index contributed by atoms with van der Waals surface area (Å²) >= 11 is 0. The van der Waals surface area contributed by atoms with E-state index >= 15 is 0 Å². The second-order valence-corrected chi connectivity index (χ2v) is 8.80. The van der Waals surface area contributed by atoms with Crippen molar-refractivity contribution in [3.8, 4) is 11.3 Å². The molecule has 1 aromatic heterocycles. The number of benzene rings is 1. The van der Waals surface area contributed by atoms with Crippen molar-refractivity contribution < 1.29 is 12.8 Å². The van der Waals surface area contributed by atoms with Gasteiger partial charge >= 0.3 is 0 Å². The third-order valence-electron chi connectivity index (χ3n) is 3.84. The van der Waals surface area contributed by atoms with E-state index in [1.54, 1.807) is 12.1 Å².